The number of hydrogen-bond donors (Lipinski definition) is 2. The zero-order chi connectivity index (χ0) is 18.2. The standard InChI is InChI=1S/C11H20N2.C10H18N2/c1-11(2,3)10-8-6-4-5-7-9(8)12-13-10;1-10(2,3)9-7-5-4-6-8(7)11-12-9/h8-9,12H,4-7H2,1-3H3;7-8,11H,4-6H2,1-3H3. The van der Waals surface area contributed by atoms with Crippen LogP contribution in [0.5, 0.6) is 0 Å². The third-order valence-corrected chi connectivity index (χ3v) is 6.22. The Morgan fingerprint density at radius 2 is 1.04 bits per heavy atom. The molecule has 142 valence electrons. The fraction of sp³-hybridized carbons (Fsp3) is 0.905. The van der Waals surface area contributed by atoms with Crippen molar-refractivity contribution in [1.82, 2.24) is 10.9 Å². The number of nitrogens with one attached hydrogen (secondary N) is 2. The second-order valence-corrected chi connectivity index (χ2v) is 10.4. The number of hydrogen-bond acceptors (Lipinski definition) is 4. The van der Waals surface area contributed by atoms with Gasteiger partial charge >= 0.3 is 0 Å². The van der Waals surface area contributed by atoms with Crippen molar-refractivity contribution >= 4 is 11.4 Å². The van der Waals surface area contributed by atoms with E-state index in [2.05, 4.69) is 62.6 Å². The molecule has 4 aliphatic rings. The van der Waals surface area contributed by atoms with E-state index in [9.17, 15) is 0 Å². The Balaban J connectivity index is 0.000000146. The molecule has 0 saturated heterocycles. The summed E-state index contributed by atoms with van der Waals surface area (Å²) in [7, 11) is 0. The van der Waals surface area contributed by atoms with Crippen LogP contribution in [0.15, 0.2) is 10.2 Å². The highest BCUT2D eigenvalue weighted by Gasteiger charge is 2.40. The van der Waals surface area contributed by atoms with Crippen LogP contribution in [0.3, 0.4) is 0 Å². The Morgan fingerprint density at radius 1 is 0.640 bits per heavy atom. The van der Waals surface area contributed by atoms with Gasteiger partial charge in [0.1, 0.15) is 0 Å². The summed E-state index contributed by atoms with van der Waals surface area (Å²) < 4.78 is 0. The van der Waals surface area contributed by atoms with Gasteiger partial charge in [-0.15, -0.1) is 0 Å². The second-order valence-electron chi connectivity index (χ2n) is 10.4. The minimum atomic E-state index is 0.254. The number of fused-ring (bicyclic) bond motifs is 2. The Kier molecular flexibility index (Phi) is 5.18. The Hall–Kier alpha value is -1.06. The van der Waals surface area contributed by atoms with Crippen LogP contribution in [0.2, 0.25) is 0 Å². The van der Waals surface area contributed by atoms with E-state index >= 15 is 0 Å². The van der Waals surface area contributed by atoms with Crippen molar-refractivity contribution in [3.05, 3.63) is 0 Å². The van der Waals surface area contributed by atoms with Gasteiger partial charge in [-0.2, -0.15) is 10.2 Å². The van der Waals surface area contributed by atoms with E-state index in [1.54, 1.807) is 0 Å². The Bertz CT molecular complexity index is 535. The van der Waals surface area contributed by atoms with Crippen molar-refractivity contribution < 1.29 is 0 Å². The van der Waals surface area contributed by atoms with Crippen molar-refractivity contribution in [1.29, 1.82) is 0 Å². The van der Waals surface area contributed by atoms with Gasteiger partial charge in [-0.25, -0.2) is 0 Å². The first-order valence-corrected chi connectivity index (χ1v) is 10.3. The van der Waals surface area contributed by atoms with Gasteiger partial charge in [0.25, 0.3) is 0 Å². The van der Waals surface area contributed by atoms with Gasteiger partial charge in [0.05, 0.1) is 12.1 Å². The molecule has 4 nitrogen and oxygen atoms in total. The second kappa shape index (κ2) is 6.92. The number of nitrogens with zero attached hydrogens (tertiary/aromatic N) is 2. The summed E-state index contributed by atoms with van der Waals surface area (Å²) in [6.07, 6.45) is 9.44. The number of hydrazone groups is 2. The smallest absolute Gasteiger partial charge is 0.0521 e. The van der Waals surface area contributed by atoms with E-state index in [4.69, 9.17) is 0 Å². The molecule has 0 radical (unpaired) electrons. The Morgan fingerprint density at radius 3 is 1.52 bits per heavy atom. The highest BCUT2D eigenvalue weighted by atomic mass is 15.3. The van der Waals surface area contributed by atoms with Gasteiger partial charge in [-0.1, -0.05) is 60.8 Å². The van der Waals surface area contributed by atoms with Crippen LogP contribution >= 0.6 is 0 Å². The van der Waals surface area contributed by atoms with Crippen molar-refractivity contribution in [3.8, 4) is 0 Å². The third kappa shape index (κ3) is 4.03. The molecule has 2 aliphatic heterocycles. The lowest BCUT2D eigenvalue weighted by Crippen LogP contribution is -2.36. The maximum Gasteiger partial charge on any atom is 0.0521 e. The highest BCUT2D eigenvalue weighted by Crippen LogP contribution is 2.37. The first kappa shape index (κ1) is 18.7. The molecule has 4 atom stereocenters. The van der Waals surface area contributed by atoms with Crippen molar-refractivity contribution in [3.63, 3.8) is 0 Å². The Labute approximate surface area is 154 Å². The van der Waals surface area contributed by atoms with Gasteiger partial charge in [0, 0.05) is 34.1 Å². The summed E-state index contributed by atoms with van der Waals surface area (Å²) in [6.45, 7) is 13.6. The molecule has 25 heavy (non-hydrogen) atoms. The normalized spacial score (nSPS) is 34.0. The van der Waals surface area contributed by atoms with Gasteiger partial charge in [0.2, 0.25) is 0 Å². The van der Waals surface area contributed by atoms with Gasteiger partial charge in [-0.05, 0) is 25.7 Å². The molecule has 0 aromatic rings. The summed E-state index contributed by atoms with van der Waals surface area (Å²) in [4.78, 5) is 0. The summed E-state index contributed by atoms with van der Waals surface area (Å²) in [6, 6.07) is 1.32. The molecule has 2 fully saturated rings. The minimum absolute atomic E-state index is 0.254. The van der Waals surface area contributed by atoms with Crippen LogP contribution in [-0.2, 0) is 0 Å². The molecule has 2 heterocycles. The molecule has 0 aromatic carbocycles. The molecule has 4 heteroatoms. The van der Waals surface area contributed by atoms with Gasteiger partial charge in [0.15, 0.2) is 0 Å². The molecule has 0 spiro atoms. The third-order valence-electron chi connectivity index (χ3n) is 6.22. The predicted octanol–water partition coefficient (Wildman–Crippen LogP) is 4.71. The van der Waals surface area contributed by atoms with Crippen LogP contribution < -0.4 is 10.9 Å². The zero-order valence-corrected chi connectivity index (χ0v) is 17.2. The molecule has 0 aromatic heterocycles. The summed E-state index contributed by atoms with van der Waals surface area (Å²) in [5, 5.41) is 8.98. The van der Waals surface area contributed by atoms with Crippen LogP contribution in [0.1, 0.15) is 86.5 Å². The maximum atomic E-state index is 4.52. The van der Waals surface area contributed by atoms with E-state index in [1.165, 1.54) is 56.4 Å². The largest absolute Gasteiger partial charge is 0.306 e. The van der Waals surface area contributed by atoms with Crippen LogP contribution in [0, 0.1) is 22.7 Å². The highest BCUT2D eigenvalue weighted by molar-refractivity contribution is 5.93. The van der Waals surface area contributed by atoms with Crippen molar-refractivity contribution in [2.45, 2.75) is 98.6 Å². The van der Waals surface area contributed by atoms with E-state index in [0.29, 0.717) is 12.1 Å². The fourth-order valence-corrected chi connectivity index (χ4v) is 4.97. The summed E-state index contributed by atoms with van der Waals surface area (Å²) >= 11 is 0. The topological polar surface area (TPSA) is 48.8 Å². The lowest BCUT2D eigenvalue weighted by Gasteiger charge is -2.30. The quantitative estimate of drug-likeness (QED) is 0.667. The molecule has 4 unspecified atom stereocenters. The average molecular weight is 347 g/mol. The van der Waals surface area contributed by atoms with Gasteiger partial charge < -0.3 is 10.9 Å². The zero-order valence-electron chi connectivity index (χ0n) is 17.2. The lowest BCUT2D eigenvalue weighted by atomic mass is 9.74. The first-order valence-electron chi connectivity index (χ1n) is 10.3. The molecule has 4 rings (SSSR count). The summed E-state index contributed by atoms with van der Waals surface area (Å²) in [5.74, 6) is 1.47. The van der Waals surface area contributed by atoms with Crippen LogP contribution in [-0.4, -0.2) is 23.5 Å². The molecule has 2 N–H and O–H groups in total. The van der Waals surface area contributed by atoms with E-state index in [0.717, 1.165) is 11.8 Å². The average Bonchev–Trinajstić information content (AvgIpc) is 3.20. The molecule has 0 bridgehead atoms. The monoisotopic (exact) mass is 346 g/mol. The van der Waals surface area contributed by atoms with Gasteiger partial charge in [-0.3, -0.25) is 0 Å². The van der Waals surface area contributed by atoms with Crippen molar-refractivity contribution in [2.75, 3.05) is 0 Å². The van der Waals surface area contributed by atoms with Crippen molar-refractivity contribution in [2.24, 2.45) is 32.9 Å². The minimum Gasteiger partial charge on any atom is -0.306 e. The molecule has 2 saturated carbocycles. The number of rotatable bonds is 0. The van der Waals surface area contributed by atoms with E-state index in [-0.39, 0.29) is 10.8 Å². The molecule has 2 aliphatic carbocycles. The summed E-state index contributed by atoms with van der Waals surface area (Å²) in [5.41, 5.74) is 9.87. The molecular formula is C21H38N4. The lowest BCUT2D eigenvalue weighted by molar-refractivity contribution is 0.344. The molecule has 0 amide bonds. The fourth-order valence-electron chi connectivity index (χ4n) is 4.97. The predicted molar refractivity (Wildman–Crippen MR) is 107 cm³/mol. The maximum absolute atomic E-state index is 4.52. The first-order chi connectivity index (χ1) is 11.7. The SMILES string of the molecule is CC(C)(C)C1=NNC2CCCC12.CC(C)(C)C1=NNC2CCCCC12. The molecular weight excluding hydrogens is 308 g/mol. The van der Waals surface area contributed by atoms with Crippen LogP contribution in [0.25, 0.3) is 0 Å². The van der Waals surface area contributed by atoms with E-state index in [1.807, 2.05) is 0 Å². The van der Waals surface area contributed by atoms with E-state index < -0.39 is 0 Å². The van der Waals surface area contributed by atoms with Crippen LogP contribution in [0.4, 0.5) is 0 Å².